The average Bonchev–Trinajstić information content (AvgIpc) is 2.83. The number of rotatable bonds is 7. The van der Waals surface area contributed by atoms with E-state index in [1.54, 1.807) is 50.2 Å². The molecule has 0 bridgehead atoms. The van der Waals surface area contributed by atoms with Crippen molar-refractivity contribution in [2.24, 2.45) is 0 Å². The zero-order valence-corrected chi connectivity index (χ0v) is 22.2. The first kappa shape index (κ1) is 26.4. The van der Waals surface area contributed by atoms with Gasteiger partial charge in [-0.3, -0.25) is 14.9 Å². The van der Waals surface area contributed by atoms with E-state index in [4.69, 9.17) is 21.1 Å². The van der Waals surface area contributed by atoms with Crippen LogP contribution in [0, 0.1) is 12.7 Å². The number of aryl methyl sites for hydroxylation is 1. The molecule has 0 atom stereocenters. The molecule has 37 heavy (non-hydrogen) atoms. The van der Waals surface area contributed by atoms with Crippen LogP contribution < -0.4 is 19.7 Å². The SMILES string of the molecule is CCOc1cc(/C=C2/C(=O)NC(=O)N(c3ccc(Br)cc3C)C2=O)cc(Cl)c1OCc1cccc(F)c1. The monoisotopic (exact) mass is 586 g/mol. The van der Waals surface area contributed by atoms with Gasteiger partial charge in [-0.2, -0.15) is 0 Å². The molecule has 1 saturated heterocycles. The molecule has 1 aliphatic rings. The summed E-state index contributed by atoms with van der Waals surface area (Å²) in [5.74, 6) is -1.49. The Kier molecular flexibility index (Phi) is 7.94. The molecule has 0 aromatic heterocycles. The summed E-state index contributed by atoms with van der Waals surface area (Å²) in [6.07, 6.45) is 1.33. The van der Waals surface area contributed by atoms with E-state index in [-0.39, 0.29) is 41.1 Å². The van der Waals surface area contributed by atoms with Gasteiger partial charge in [-0.1, -0.05) is 39.7 Å². The molecule has 0 unspecified atom stereocenters. The second kappa shape index (κ2) is 11.1. The summed E-state index contributed by atoms with van der Waals surface area (Å²) in [5, 5.41) is 2.37. The van der Waals surface area contributed by atoms with Crippen molar-refractivity contribution in [1.29, 1.82) is 0 Å². The zero-order valence-electron chi connectivity index (χ0n) is 19.8. The van der Waals surface area contributed by atoms with Crippen molar-refractivity contribution in [2.75, 3.05) is 11.5 Å². The van der Waals surface area contributed by atoms with Gasteiger partial charge < -0.3 is 9.47 Å². The lowest BCUT2D eigenvalue weighted by Crippen LogP contribution is -2.54. The number of amides is 4. The van der Waals surface area contributed by atoms with Crippen LogP contribution in [0.2, 0.25) is 5.02 Å². The zero-order chi connectivity index (χ0) is 26.7. The lowest BCUT2D eigenvalue weighted by Gasteiger charge is -2.27. The van der Waals surface area contributed by atoms with Crippen LogP contribution in [0.1, 0.15) is 23.6 Å². The van der Waals surface area contributed by atoms with Gasteiger partial charge in [0.05, 0.1) is 17.3 Å². The van der Waals surface area contributed by atoms with Crippen molar-refractivity contribution in [3.05, 3.63) is 92.2 Å². The Morgan fingerprint density at radius 3 is 2.57 bits per heavy atom. The Morgan fingerprint density at radius 2 is 1.86 bits per heavy atom. The van der Waals surface area contributed by atoms with E-state index < -0.39 is 17.8 Å². The molecular formula is C27H21BrClFN2O5. The number of imide groups is 2. The predicted octanol–water partition coefficient (Wildman–Crippen LogP) is 6.19. The highest BCUT2D eigenvalue weighted by Gasteiger charge is 2.37. The highest BCUT2D eigenvalue weighted by atomic mass is 79.9. The van der Waals surface area contributed by atoms with Crippen molar-refractivity contribution < 1.29 is 28.2 Å². The van der Waals surface area contributed by atoms with E-state index in [0.717, 1.165) is 9.37 Å². The van der Waals surface area contributed by atoms with Crippen molar-refractivity contribution in [3.63, 3.8) is 0 Å². The Morgan fingerprint density at radius 1 is 1.08 bits per heavy atom. The second-order valence-corrected chi connectivity index (χ2v) is 9.39. The van der Waals surface area contributed by atoms with Gasteiger partial charge >= 0.3 is 6.03 Å². The van der Waals surface area contributed by atoms with E-state index in [2.05, 4.69) is 21.2 Å². The first-order valence-electron chi connectivity index (χ1n) is 11.2. The number of carbonyl (C=O) groups is 3. The number of benzene rings is 3. The highest BCUT2D eigenvalue weighted by Crippen LogP contribution is 2.38. The number of nitrogens with one attached hydrogen (secondary N) is 1. The van der Waals surface area contributed by atoms with Gasteiger partial charge in [0.25, 0.3) is 11.8 Å². The standard InChI is InChI=1S/C27H21BrClFN2O5/c1-3-36-23-13-17(12-21(29)24(23)37-14-16-5-4-6-19(30)10-16)11-20-25(33)31-27(35)32(26(20)34)22-8-7-18(28)9-15(22)2/h4-13H,3,14H2,1-2H3,(H,31,33,35)/b20-11-. The molecular weight excluding hydrogens is 567 g/mol. The smallest absolute Gasteiger partial charge is 0.335 e. The number of nitrogens with zero attached hydrogens (tertiary/aromatic N) is 1. The maximum Gasteiger partial charge on any atom is 0.335 e. The number of hydrogen-bond donors (Lipinski definition) is 1. The fraction of sp³-hybridized carbons (Fsp3) is 0.148. The van der Waals surface area contributed by atoms with Crippen molar-refractivity contribution in [2.45, 2.75) is 20.5 Å². The molecule has 10 heteroatoms. The third-order valence-corrected chi connectivity index (χ3v) is 6.19. The molecule has 190 valence electrons. The van der Waals surface area contributed by atoms with E-state index in [0.29, 0.717) is 22.4 Å². The van der Waals surface area contributed by atoms with Crippen LogP contribution in [0.3, 0.4) is 0 Å². The molecule has 4 rings (SSSR count). The fourth-order valence-corrected chi connectivity index (χ4v) is 4.52. The normalized spacial score (nSPS) is 14.7. The Bertz CT molecular complexity index is 1440. The number of carbonyl (C=O) groups excluding carboxylic acids is 3. The lowest BCUT2D eigenvalue weighted by atomic mass is 10.1. The summed E-state index contributed by atoms with van der Waals surface area (Å²) >= 11 is 9.83. The van der Waals surface area contributed by atoms with Crippen molar-refractivity contribution in [3.8, 4) is 11.5 Å². The molecule has 1 heterocycles. The number of ether oxygens (including phenoxy) is 2. The number of barbiturate groups is 1. The quantitative estimate of drug-likeness (QED) is 0.263. The van der Waals surface area contributed by atoms with Gasteiger partial charge in [-0.25, -0.2) is 14.1 Å². The van der Waals surface area contributed by atoms with E-state index in [1.807, 2.05) is 0 Å². The third kappa shape index (κ3) is 5.84. The van der Waals surface area contributed by atoms with Gasteiger partial charge in [0, 0.05) is 4.47 Å². The molecule has 0 radical (unpaired) electrons. The van der Waals surface area contributed by atoms with Gasteiger partial charge in [0.1, 0.15) is 18.0 Å². The summed E-state index contributed by atoms with van der Waals surface area (Å²) < 4.78 is 25.8. The first-order chi connectivity index (χ1) is 17.7. The molecule has 0 saturated carbocycles. The van der Waals surface area contributed by atoms with Crippen LogP contribution in [-0.4, -0.2) is 24.5 Å². The van der Waals surface area contributed by atoms with Gasteiger partial charge in [-0.05, 0) is 79.1 Å². The summed E-state index contributed by atoms with van der Waals surface area (Å²) in [4.78, 5) is 39.4. The Balaban J connectivity index is 1.67. The number of anilines is 1. The van der Waals surface area contributed by atoms with Crippen LogP contribution in [0.5, 0.6) is 11.5 Å². The summed E-state index contributed by atoms with van der Waals surface area (Å²) in [6.45, 7) is 3.86. The Hall–Kier alpha value is -3.69. The molecule has 3 aromatic rings. The first-order valence-corrected chi connectivity index (χ1v) is 12.4. The molecule has 3 aromatic carbocycles. The van der Waals surface area contributed by atoms with Gasteiger partial charge in [-0.15, -0.1) is 0 Å². The summed E-state index contributed by atoms with van der Waals surface area (Å²) in [6, 6.07) is 13.3. The average molecular weight is 588 g/mol. The second-order valence-electron chi connectivity index (χ2n) is 8.07. The predicted molar refractivity (Wildman–Crippen MR) is 141 cm³/mol. The molecule has 7 nitrogen and oxygen atoms in total. The van der Waals surface area contributed by atoms with Gasteiger partial charge in [0.2, 0.25) is 0 Å². The van der Waals surface area contributed by atoms with Crippen molar-refractivity contribution in [1.82, 2.24) is 5.32 Å². The topological polar surface area (TPSA) is 84.9 Å². The fourth-order valence-electron chi connectivity index (χ4n) is 3.77. The van der Waals surface area contributed by atoms with Crippen LogP contribution in [-0.2, 0) is 16.2 Å². The van der Waals surface area contributed by atoms with Crippen LogP contribution in [0.4, 0.5) is 14.9 Å². The van der Waals surface area contributed by atoms with Crippen molar-refractivity contribution >= 4 is 57.1 Å². The van der Waals surface area contributed by atoms with Crippen LogP contribution >= 0.6 is 27.5 Å². The summed E-state index contributed by atoms with van der Waals surface area (Å²) in [7, 11) is 0. The maximum absolute atomic E-state index is 13.5. The molecule has 1 fully saturated rings. The minimum absolute atomic E-state index is 0.0441. The molecule has 0 spiro atoms. The number of halogens is 3. The number of urea groups is 1. The molecule has 4 amide bonds. The Labute approximate surface area is 225 Å². The van der Waals surface area contributed by atoms with E-state index in [1.165, 1.54) is 24.3 Å². The number of hydrogen-bond acceptors (Lipinski definition) is 5. The largest absolute Gasteiger partial charge is 0.490 e. The lowest BCUT2D eigenvalue weighted by molar-refractivity contribution is -0.122. The maximum atomic E-state index is 13.5. The van der Waals surface area contributed by atoms with Crippen LogP contribution in [0.25, 0.3) is 6.08 Å². The van der Waals surface area contributed by atoms with E-state index >= 15 is 0 Å². The van der Waals surface area contributed by atoms with E-state index in [9.17, 15) is 18.8 Å². The highest BCUT2D eigenvalue weighted by molar-refractivity contribution is 9.10. The molecule has 0 aliphatic carbocycles. The summed E-state index contributed by atoms with van der Waals surface area (Å²) in [5.41, 5.74) is 1.73. The van der Waals surface area contributed by atoms with Gasteiger partial charge in [0.15, 0.2) is 11.5 Å². The molecule has 1 N–H and O–H groups in total. The van der Waals surface area contributed by atoms with Crippen LogP contribution in [0.15, 0.2) is 64.6 Å². The molecule has 1 aliphatic heterocycles. The minimum Gasteiger partial charge on any atom is -0.490 e. The minimum atomic E-state index is -0.841. The third-order valence-electron chi connectivity index (χ3n) is 5.42.